The van der Waals surface area contributed by atoms with Gasteiger partial charge in [-0.25, -0.2) is 4.79 Å². The molecule has 0 spiro atoms. The van der Waals surface area contributed by atoms with E-state index in [1.807, 2.05) is 0 Å². The minimum Gasteiger partial charge on any atom is -0.872 e. The Kier molecular flexibility index (Phi) is 8.01. The van der Waals surface area contributed by atoms with Gasteiger partial charge in [0.15, 0.2) is 0 Å². The second-order valence-corrected chi connectivity index (χ2v) is 8.57. The summed E-state index contributed by atoms with van der Waals surface area (Å²) in [6.07, 6.45) is 0. The molecule has 1 aliphatic rings. The van der Waals surface area contributed by atoms with E-state index >= 15 is 0 Å². The quantitative estimate of drug-likeness (QED) is 0.233. The molecule has 188 valence electrons. The number of aromatic nitrogens is 1. The highest BCUT2D eigenvalue weighted by Gasteiger charge is 2.44. The van der Waals surface area contributed by atoms with Gasteiger partial charge in [-0.2, -0.15) is 0 Å². The number of aryl methyl sites for hydroxylation is 1. The highest BCUT2D eigenvalue weighted by molar-refractivity contribution is 6.46. The first-order valence-electron chi connectivity index (χ1n) is 11.7. The molecule has 1 atom stereocenters. The van der Waals surface area contributed by atoms with Gasteiger partial charge in [-0.3, -0.25) is 9.59 Å². The lowest BCUT2D eigenvalue weighted by atomic mass is 9.94. The molecule has 1 amide bonds. The first kappa shape index (κ1) is 26.0. The maximum atomic E-state index is 13.9. The van der Waals surface area contributed by atoms with E-state index in [-0.39, 0.29) is 16.8 Å². The minimum atomic E-state index is -0.858. The maximum Gasteiger partial charge on any atom is 0.354 e. The van der Waals surface area contributed by atoms with Crippen molar-refractivity contribution in [1.29, 1.82) is 0 Å². The van der Waals surface area contributed by atoms with Crippen LogP contribution in [0.4, 0.5) is 0 Å². The Balaban J connectivity index is 2.20. The van der Waals surface area contributed by atoms with E-state index in [0.29, 0.717) is 35.7 Å². The number of nitrogens with zero attached hydrogens (tertiary/aromatic N) is 1. The van der Waals surface area contributed by atoms with Crippen LogP contribution in [0.25, 0.3) is 5.76 Å². The molecule has 2 heterocycles. The van der Waals surface area contributed by atoms with Crippen LogP contribution in [0.5, 0.6) is 5.75 Å². The molecule has 1 aliphatic heterocycles. The van der Waals surface area contributed by atoms with Crippen molar-refractivity contribution in [2.24, 2.45) is 0 Å². The molecule has 9 nitrogen and oxygen atoms in total. The van der Waals surface area contributed by atoms with E-state index in [1.165, 1.54) is 24.0 Å². The zero-order valence-corrected chi connectivity index (χ0v) is 21.1. The number of carbonyl (C=O) groups excluding carboxylic acids is 3. The normalized spacial score (nSPS) is 17.3. The van der Waals surface area contributed by atoms with Crippen molar-refractivity contribution in [3.8, 4) is 5.75 Å². The highest BCUT2D eigenvalue weighted by Crippen LogP contribution is 2.40. The first-order valence-corrected chi connectivity index (χ1v) is 11.7. The lowest BCUT2D eigenvalue weighted by Crippen LogP contribution is -3.12. The number of rotatable bonds is 9. The number of esters is 1. The van der Waals surface area contributed by atoms with Crippen molar-refractivity contribution < 1.29 is 33.9 Å². The number of likely N-dealkylation sites (N-methyl/N-ethyl adjacent to an activating group) is 1. The maximum absolute atomic E-state index is 13.9. The smallest absolute Gasteiger partial charge is 0.354 e. The number of carbonyl (C=O) groups is 3. The van der Waals surface area contributed by atoms with Gasteiger partial charge in [-0.05, 0) is 56.5 Å². The van der Waals surface area contributed by atoms with Gasteiger partial charge < -0.3 is 29.4 Å². The summed E-state index contributed by atoms with van der Waals surface area (Å²) in [5.41, 5.74) is 1.63. The number of amides is 1. The highest BCUT2D eigenvalue weighted by atomic mass is 16.5. The number of hydrogen-bond donors (Lipinski definition) is 2. The van der Waals surface area contributed by atoms with Crippen molar-refractivity contribution in [2.75, 3.05) is 40.4 Å². The molecule has 1 unspecified atom stereocenters. The summed E-state index contributed by atoms with van der Waals surface area (Å²) in [6.45, 7) is 10.1. The van der Waals surface area contributed by atoms with E-state index in [0.717, 1.165) is 13.1 Å². The molecule has 1 aromatic heterocycles. The Hall–Kier alpha value is -3.59. The monoisotopic (exact) mass is 483 g/mol. The zero-order valence-electron chi connectivity index (χ0n) is 21.1. The fourth-order valence-corrected chi connectivity index (χ4v) is 4.67. The molecule has 0 aliphatic carbocycles. The van der Waals surface area contributed by atoms with Crippen molar-refractivity contribution in [3.05, 3.63) is 57.9 Å². The van der Waals surface area contributed by atoms with Gasteiger partial charge in [0.2, 0.25) is 5.78 Å². The van der Waals surface area contributed by atoms with Crippen LogP contribution >= 0.6 is 0 Å². The van der Waals surface area contributed by atoms with E-state index in [4.69, 9.17) is 9.47 Å². The summed E-state index contributed by atoms with van der Waals surface area (Å²) in [5.74, 6) is -2.16. The molecular weight excluding hydrogens is 450 g/mol. The SMILES string of the molecule is CC[NH+](CC)CCN1C(=O)C(=O)C(=C([O-])c2c(C)[nH]c(C(=O)OC)c2C)C1c1cccc(OC)c1. The number of nitrogens with one attached hydrogen (secondary N) is 2. The van der Waals surface area contributed by atoms with Crippen LogP contribution in [-0.4, -0.2) is 67.9 Å². The number of hydrogen-bond acceptors (Lipinski definition) is 6. The fourth-order valence-electron chi connectivity index (χ4n) is 4.67. The topological polar surface area (TPSA) is 116 Å². The average Bonchev–Trinajstić information content (AvgIpc) is 3.30. The largest absolute Gasteiger partial charge is 0.872 e. The molecule has 1 saturated heterocycles. The number of likely N-dealkylation sites (tertiary alicyclic amines) is 1. The van der Waals surface area contributed by atoms with Crippen molar-refractivity contribution in [1.82, 2.24) is 9.88 Å². The van der Waals surface area contributed by atoms with Gasteiger partial charge in [0.1, 0.15) is 11.4 Å². The molecule has 0 radical (unpaired) electrons. The molecule has 9 heteroatoms. The first-order chi connectivity index (χ1) is 16.7. The van der Waals surface area contributed by atoms with Gasteiger partial charge in [-0.1, -0.05) is 17.9 Å². The number of methoxy groups -OCH3 is 2. The van der Waals surface area contributed by atoms with Crippen LogP contribution in [-0.2, 0) is 14.3 Å². The predicted molar refractivity (Wildman–Crippen MR) is 128 cm³/mol. The number of ketones is 1. The summed E-state index contributed by atoms with van der Waals surface area (Å²) in [4.78, 5) is 44.3. The Morgan fingerprint density at radius 3 is 2.46 bits per heavy atom. The van der Waals surface area contributed by atoms with Gasteiger partial charge in [0, 0.05) is 11.3 Å². The Morgan fingerprint density at radius 2 is 1.86 bits per heavy atom. The summed E-state index contributed by atoms with van der Waals surface area (Å²) >= 11 is 0. The number of Topliss-reactive ketones (excluding diaryl/α,β-unsaturated/α-hetero) is 1. The van der Waals surface area contributed by atoms with Crippen LogP contribution in [0.2, 0.25) is 0 Å². The molecular formula is C26H33N3O6. The second kappa shape index (κ2) is 10.8. The third kappa shape index (κ3) is 4.81. The Labute approximate surface area is 205 Å². The van der Waals surface area contributed by atoms with Gasteiger partial charge >= 0.3 is 5.97 Å². The van der Waals surface area contributed by atoms with Gasteiger partial charge in [0.25, 0.3) is 5.91 Å². The van der Waals surface area contributed by atoms with Crippen molar-refractivity contribution >= 4 is 23.4 Å². The standard InChI is InChI=1S/C26H33N3O6/c1-7-28(8-2)12-13-29-22(17-10-9-11-18(14-17)34-5)20(24(31)25(29)32)23(30)19-15(3)21(26(33)35-6)27-16(19)4/h9-11,14,22,27,30H,7-8,12-13H2,1-6H3. The van der Waals surface area contributed by atoms with Gasteiger partial charge in [0.05, 0.1) is 46.4 Å². The zero-order chi connectivity index (χ0) is 25.9. The Bertz CT molecular complexity index is 1160. The number of aromatic amines is 1. The molecule has 0 bridgehead atoms. The lowest BCUT2D eigenvalue weighted by molar-refractivity contribution is -0.895. The average molecular weight is 484 g/mol. The summed E-state index contributed by atoms with van der Waals surface area (Å²) in [6, 6.07) is 6.18. The van der Waals surface area contributed by atoms with Crippen LogP contribution < -0.4 is 14.7 Å². The van der Waals surface area contributed by atoms with E-state index in [9.17, 15) is 19.5 Å². The van der Waals surface area contributed by atoms with Crippen LogP contribution in [0.15, 0.2) is 29.8 Å². The third-order valence-electron chi connectivity index (χ3n) is 6.70. The summed E-state index contributed by atoms with van der Waals surface area (Å²) in [7, 11) is 2.78. The number of benzene rings is 1. The Morgan fingerprint density at radius 1 is 1.17 bits per heavy atom. The molecule has 1 aromatic carbocycles. The fraction of sp³-hybridized carbons (Fsp3) is 0.423. The molecule has 1 fully saturated rings. The van der Waals surface area contributed by atoms with E-state index in [2.05, 4.69) is 18.8 Å². The van der Waals surface area contributed by atoms with Gasteiger partial charge in [-0.15, -0.1) is 0 Å². The summed E-state index contributed by atoms with van der Waals surface area (Å²) < 4.78 is 10.2. The second-order valence-electron chi connectivity index (χ2n) is 8.57. The minimum absolute atomic E-state index is 0.126. The van der Waals surface area contributed by atoms with Crippen LogP contribution in [0.1, 0.15) is 52.8 Å². The molecule has 35 heavy (non-hydrogen) atoms. The lowest BCUT2D eigenvalue weighted by Gasteiger charge is -2.29. The molecule has 3 rings (SSSR count). The summed E-state index contributed by atoms with van der Waals surface area (Å²) in [5, 5.41) is 13.9. The molecule has 0 saturated carbocycles. The van der Waals surface area contributed by atoms with Crippen molar-refractivity contribution in [2.45, 2.75) is 33.7 Å². The number of ether oxygens (including phenoxy) is 2. The van der Waals surface area contributed by atoms with Crippen LogP contribution in [0.3, 0.4) is 0 Å². The van der Waals surface area contributed by atoms with E-state index in [1.54, 1.807) is 38.1 Å². The molecule has 2 aromatic rings. The number of H-pyrrole nitrogens is 1. The van der Waals surface area contributed by atoms with Crippen LogP contribution in [0, 0.1) is 13.8 Å². The number of quaternary nitrogens is 1. The third-order valence-corrected chi connectivity index (χ3v) is 6.70. The van der Waals surface area contributed by atoms with E-state index < -0.39 is 29.5 Å². The van der Waals surface area contributed by atoms with Crippen molar-refractivity contribution in [3.63, 3.8) is 0 Å². The molecule has 2 N–H and O–H groups in total. The predicted octanol–water partition coefficient (Wildman–Crippen LogP) is 0.575.